The normalized spacial score (nSPS) is 20.4. The SMILES string of the molecule is NC(=O)c1ccc(F)c(-c2cnc(NC[C@]3(c4ncccc4Cl)C[C@H](F)C3)nc2)c1. The van der Waals surface area contributed by atoms with Gasteiger partial charge in [0.2, 0.25) is 11.9 Å². The van der Waals surface area contributed by atoms with Crippen LogP contribution in [-0.2, 0) is 5.41 Å². The summed E-state index contributed by atoms with van der Waals surface area (Å²) in [6, 6.07) is 7.31. The van der Waals surface area contributed by atoms with Gasteiger partial charge in [-0.05, 0) is 43.2 Å². The molecule has 1 amide bonds. The molecule has 0 atom stereocenters. The molecule has 0 unspecified atom stereocenters. The number of halogens is 3. The number of benzene rings is 1. The summed E-state index contributed by atoms with van der Waals surface area (Å²) < 4.78 is 27.9. The van der Waals surface area contributed by atoms with Crippen LogP contribution < -0.4 is 11.1 Å². The minimum atomic E-state index is -0.909. The molecule has 6 nitrogen and oxygen atoms in total. The van der Waals surface area contributed by atoms with Gasteiger partial charge in [0.15, 0.2) is 0 Å². The smallest absolute Gasteiger partial charge is 0.248 e. The third-order valence-electron chi connectivity index (χ3n) is 5.28. The summed E-state index contributed by atoms with van der Waals surface area (Å²) in [4.78, 5) is 24.1. The minimum absolute atomic E-state index is 0.175. The van der Waals surface area contributed by atoms with E-state index in [2.05, 4.69) is 20.3 Å². The van der Waals surface area contributed by atoms with Crippen LogP contribution in [0.1, 0.15) is 28.9 Å². The number of nitrogens with zero attached hydrogens (tertiary/aromatic N) is 3. The van der Waals surface area contributed by atoms with Crippen molar-refractivity contribution >= 4 is 23.5 Å². The monoisotopic (exact) mass is 429 g/mol. The first-order chi connectivity index (χ1) is 14.4. The predicted molar refractivity (Wildman–Crippen MR) is 109 cm³/mol. The molecule has 1 fully saturated rings. The molecule has 1 aliphatic carbocycles. The van der Waals surface area contributed by atoms with Crippen molar-refractivity contribution in [2.45, 2.75) is 24.4 Å². The number of anilines is 1. The first-order valence-electron chi connectivity index (χ1n) is 9.29. The Morgan fingerprint density at radius 1 is 1.23 bits per heavy atom. The van der Waals surface area contributed by atoms with Gasteiger partial charge >= 0.3 is 0 Å². The van der Waals surface area contributed by atoms with E-state index in [4.69, 9.17) is 17.3 Å². The van der Waals surface area contributed by atoms with Gasteiger partial charge in [0.25, 0.3) is 0 Å². The van der Waals surface area contributed by atoms with Gasteiger partial charge in [-0.2, -0.15) is 0 Å². The summed E-state index contributed by atoms with van der Waals surface area (Å²) in [5.74, 6) is -0.865. The number of aromatic nitrogens is 3. The second-order valence-electron chi connectivity index (χ2n) is 7.33. The molecule has 2 heterocycles. The number of hydrogen-bond donors (Lipinski definition) is 2. The van der Waals surface area contributed by atoms with Crippen LogP contribution in [-0.4, -0.2) is 33.6 Å². The molecule has 1 aromatic carbocycles. The molecule has 4 rings (SSSR count). The average Bonchev–Trinajstić information content (AvgIpc) is 2.71. The Morgan fingerprint density at radius 3 is 2.60 bits per heavy atom. The number of nitrogens with two attached hydrogens (primary N) is 1. The van der Waals surface area contributed by atoms with E-state index in [0.29, 0.717) is 41.6 Å². The van der Waals surface area contributed by atoms with Gasteiger partial charge in [0.1, 0.15) is 12.0 Å². The van der Waals surface area contributed by atoms with Crippen molar-refractivity contribution in [3.05, 3.63) is 71.0 Å². The topological polar surface area (TPSA) is 93.8 Å². The van der Waals surface area contributed by atoms with Crippen LogP contribution in [0.5, 0.6) is 0 Å². The van der Waals surface area contributed by atoms with Crippen LogP contribution in [0, 0.1) is 5.82 Å². The molecule has 1 aliphatic rings. The van der Waals surface area contributed by atoms with E-state index in [1.165, 1.54) is 30.6 Å². The molecule has 3 N–H and O–H groups in total. The number of rotatable bonds is 6. The van der Waals surface area contributed by atoms with Gasteiger partial charge in [0.05, 0.1) is 10.7 Å². The second kappa shape index (κ2) is 7.95. The maximum Gasteiger partial charge on any atom is 0.248 e. The molecule has 1 saturated carbocycles. The Morgan fingerprint density at radius 2 is 1.97 bits per heavy atom. The van der Waals surface area contributed by atoms with E-state index in [-0.39, 0.29) is 11.1 Å². The van der Waals surface area contributed by atoms with Gasteiger partial charge in [-0.1, -0.05) is 11.6 Å². The highest BCUT2D eigenvalue weighted by molar-refractivity contribution is 6.31. The molecule has 2 aromatic heterocycles. The number of primary amides is 1. The van der Waals surface area contributed by atoms with Crippen molar-refractivity contribution in [1.29, 1.82) is 0 Å². The second-order valence-corrected chi connectivity index (χ2v) is 7.73. The van der Waals surface area contributed by atoms with Gasteiger partial charge in [0, 0.05) is 47.2 Å². The van der Waals surface area contributed by atoms with Crippen molar-refractivity contribution < 1.29 is 13.6 Å². The van der Waals surface area contributed by atoms with Gasteiger partial charge in [-0.3, -0.25) is 9.78 Å². The summed E-state index contributed by atoms with van der Waals surface area (Å²) in [5, 5.41) is 3.59. The third kappa shape index (κ3) is 3.82. The number of alkyl halides is 1. The van der Waals surface area contributed by atoms with Crippen LogP contribution in [0.4, 0.5) is 14.7 Å². The highest BCUT2D eigenvalue weighted by Crippen LogP contribution is 2.46. The highest BCUT2D eigenvalue weighted by atomic mass is 35.5. The van der Waals surface area contributed by atoms with E-state index in [1.54, 1.807) is 18.3 Å². The quantitative estimate of drug-likeness (QED) is 0.619. The molecule has 154 valence electrons. The zero-order chi connectivity index (χ0) is 21.3. The van der Waals surface area contributed by atoms with Crippen LogP contribution >= 0.6 is 11.6 Å². The first kappa shape index (κ1) is 20.2. The van der Waals surface area contributed by atoms with Gasteiger partial charge < -0.3 is 11.1 Å². The number of pyridine rings is 1. The fourth-order valence-corrected chi connectivity index (χ4v) is 4.01. The largest absolute Gasteiger partial charge is 0.366 e. The lowest BCUT2D eigenvalue weighted by molar-refractivity contribution is 0.0993. The van der Waals surface area contributed by atoms with E-state index in [9.17, 15) is 13.6 Å². The number of carbonyl (C=O) groups is 1. The van der Waals surface area contributed by atoms with Crippen molar-refractivity contribution in [2.24, 2.45) is 5.73 Å². The first-order valence-corrected chi connectivity index (χ1v) is 9.66. The van der Waals surface area contributed by atoms with Gasteiger partial charge in [-0.25, -0.2) is 18.7 Å². The zero-order valence-electron chi connectivity index (χ0n) is 15.8. The Balaban J connectivity index is 1.52. The van der Waals surface area contributed by atoms with Crippen molar-refractivity contribution in [3.8, 4) is 11.1 Å². The molecule has 0 radical (unpaired) electrons. The van der Waals surface area contributed by atoms with Crippen molar-refractivity contribution in [3.63, 3.8) is 0 Å². The standard InChI is InChI=1S/C21H18ClF2N5O/c22-16-2-1-5-26-18(16)21(7-14(23)8-21)11-29-20-27-9-13(10-28-20)15-6-12(19(25)30)3-4-17(15)24/h1-6,9-10,14H,7-8,11H2,(H2,25,30)(H,27,28,29)/t14-,21-. The molecule has 9 heteroatoms. The fourth-order valence-electron chi connectivity index (χ4n) is 3.69. The molecule has 30 heavy (non-hydrogen) atoms. The number of carbonyl (C=O) groups excluding carboxylic acids is 1. The number of hydrogen-bond acceptors (Lipinski definition) is 5. The molecule has 0 spiro atoms. The maximum absolute atomic E-state index is 14.2. The van der Waals surface area contributed by atoms with E-state index in [1.807, 2.05) is 0 Å². The van der Waals surface area contributed by atoms with Gasteiger partial charge in [-0.15, -0.1) is 0 Å². The predicted octanol–water partition coefficient (Wildman–Crippen LogP) is 3.91. The van der Waals surface area contributed by atoms with Crippen molar-refractivity contribution in [1.82, 2.24) is 15.0 Å². The maximum atomic E-state index is 14.2. The van der Waals surface area contributed by atoms with Crippen LogP contribution in [0.3, 0.4) is 0 Å². The Bertz CT molecular complexity index is 1090. The van der Waals surface area contributed by atoms with E-state index in [0.717, 1.165) is 0 Å². The van der Waals surface area contributed by atoms with Crippen LogP contribution in [0.2, 0.25) is 5.02 Å². The summed E-state index contributed by atoms with van der Waals surface area (Å²) in [6.07, 6.45) is 4.22. The summed E-state index contributed by atoms with van der Waals surface area (Å²) in [7, 11) is 0. The molecular weight excluding hydrogens is 412 g/mol. The molecule has 0 bridgehead atoms. The lowest BCUT2D eigenvalue weighted by Gasteiger charge is -2.44. The fraction of sp³-hybridized carbons (Fsp3) is 0.238. The molecule has 0 aliphatic heterocycles. The minimum Gasteiger partial charge on any atom is -0.366 e. The Labute approximate surface area is 176 Å². The highest BCUT2D eigenvalue weighted by Gasteiger charge is 2.48. The Kier molecular flexibility index (Phi) is 5.34. The Hall–Kier alpha value is -3.13. The molecule has 3 aromatic rings. The third-order valence-corrected chi connectivity index (χ3v) is 5.59. The van der Waals surface area contributed by atoms with E-state index >= 15 is 0 Å². The van der Waals surface area contributed by atoms with Crippen molar-refractivity contribution in [2.75, 3.05) is 11.9 Å². The summed E-state index contributed by atoms with van der Waals surface area (Å²) >= 11 is 6.28. The molecular formula is C21H18ClF2N5O. The molecule has 0 saturated heterocycles. The summed E-state index contributed by atoms with van der Waals surface area (Å²) in [5.41, 5.74) is 6.13. The number of nitrogens with one attached hydrogen (secondary N) is 1. The van der Waals surface area contributed by atoms with E-state index < -0.39 is 23.3 Å². The van der Waals surface area contributed by atoms with Crippen LogP contribution in [0.25, 0.3) is 11.1 Å². The van der Waals surface area contributed by atoms with Crippen LogP contribution in [0.15, 0.2) is 48.9 Å². The average molecular weight is 430 g/mol. The summed E-state index contributed by atoms with van der Waals surface area (Å²) in [6.45, 7) is 0.356. The lowest BCUT2D eigenvalue weighted by atomic mass is 9.65. The number of amides is 1. The lowest BCUT2D eigenvalue weighted by Crippen LogP contribution is -2.48. The zero-order valence-corrected chi connectivity index (χ0v) is 16.5.